The van der Waals surface area contributed by atoms with E-state index in [-0.39, 0.29) is 5.41 Å². The lowest BCUT2D eigenvalue weighted by atomic mass is 9.81. The Labute approximate surface area is 251 Å². The summed E-state index contributed by atoms with van der Waals surface area (Å²) in [5.41, 5.74) is 13.5. The van der Waals surface area contributed by atoms with E-state index in [1.807, 2.05) is 6.07 Å². The second kappa shape index (κ2) is 8.69. The molecule has 0 spiro atoms. The third-order valence-electron chi connectivity index (χ3n) is 9.73. The van der Waals surface area contributed by atoms with Gasteiger partial charge in [0.2, 0.25) is 0 Å². The van der Waals surface area contributed by atoms with Crippen molar-refractivity contribution in [3.8, 4) is 33.4 Å². The molecule has 0 bridgehead atoms. The van der Waals surface area contributed by atoms with Gasteiger partial charge in [0.05, 0.1) is 0 Å². The molecular formula is C42H30O. The second-order valence-corrected chi connectivity index (χ2v) is 12.6. The minimum absolute atomic E-state index is 0.0136. The average Bonchev–Trinajstić information content (AvgIpc) is 3.52. The molecule has 0 fully saturated rings. The van der Waals surface area contributed by atoms with Gasteiger partial charge in [0.1, 0.15) is 11.2 Å². The molecule has 1 aliphatic carbocycles. The first kappa shape index (κ1) is 24.5. The standard InChI is InChI=1S/C42H30O/c1-25-19-21-31-35(23-25)39(26-20-22-37-34(24-26)27-11-6-8-17-36(27)42(37,2)3)29-13-4-5-14-30(29)40(31)33-16-10-15-32-28-12-7-9-18-38(28)43-41(32)33/h4-24H,1-3H3. The summed E-state index contributed by atoms with van der Waals surface area (Å²) in [5.74, 6) is 0. The molecule has 9 rings (SSSR count). The number of fused-ring (bicyclic) bond motifs is 8. The summed E-state index contributed by atoms with van der Waals surface area (Å²) < 4.78 is 6.58. The van der Waals surface area contributed by atoms with Gasteiger partial charge in [0.15, 0.2) is 0 Å². The summed E-state index contributed by atoms with van der Waals surface area (Å²) in [6, 6.07) is 46.8. The van der Waals surface area contributed by atoms with Crippen LogP contribution in [0.3, 0.4) is 0 Å². The molecule has 0 atom stereocenters. The Balaban J connectivity index is 1.40. The van der Waals surface area contributed by atoms with Gasteiger partial charge >= 0.3 is 0 Å². The highest BCUT2D eigenvalue weighted by molar-refractivity contribution is 6.24. The molecule has 0 unspecified atom stereocenters. The second-order valence-electron chi connectivity index (χ2n) is 12.6. The minimum Gasteiger partial charge on any atom is -0.455 e. The smallest absolute Gasteiger partial charge is 0.143 e. The van der Waals surface area contributed by atoms with Crippen molar-refractivity contribution in [2.24, 2.45) is 0 Å². The van der Waals surface area contributed by atoms with Crippen molar-refractivity contribution in [3.63, 3.8) is 0 Å². The van der Waals surface area contributed by atoms with Gasteiger partial charge in [-0.3, -0.25) is 0 Å². The molecule has 1 aromatic heterocycles. The zero-order valence-electron chi connectivity index (χ0n) is 24.5. The van der Waals surface area contributed by atoms with E-state index in [0.717, 1.165) is 27.5 Å². The summed E-state index contributed by atoms with van der Waals surface area (Å²) in [6.45, 7) is 6.89. The first-order valence-electron chi connectivity index (χ1n) is 15.1. The summed E-state index contributed by atoms with van der Waals surface area (Å²) in [7, 11) is 0. The molecule has 1 aliphatic rings. The molecule has 0 saturated carbocycles. The number of aryl methyl sites for hydroxylation is 1. The predicted octanol–water partition coefficient (Wildman–Crippen LogP) is 11.8. The minimum atomic E-state index is -0.0136. The SMILES string of the molecule is Cc1ccc2c(-c3cccc4c3oc3ccccc34)c3ccccc3c(-c3ccc4c(c3)-c3ccccc3C4(C)C)c2c1. The van der Waals surface area contributed by atoms with E-state index in [4.69, 9.17) is 4.42 Å². The Kier molecular flexibility index (Phi) is 4.94. The van der Waals surface area contributed by atoms with Gasteiger partial charge in [0, 0.05) is 27.3 Å². The summed E-state index contributed by atoms with van der Waals surface area (Å²) >= 11 is 0. The first-order valence-corrected chi connectivity index (χ1v) is 15.1. The van der Waals surface area contributed by atoms with E-state index in [0.29, 0.717) is 0 Å². The fraction of sp³-hybridized carbons (Fsp3) is 0.0952. The summed E-state index contributed by atoms with van der Waals surface area (Å²) in [6.07, 6.45) is 0. The van der Waals surface area contributed by atoms with Crippen LogP contribution in [0.2, 0.25) is 0 Å². The average molecular weight is 551 g/mol. The van der Waals surface area contributed by atoms with Crippen LogP contribution in [0.4, 0.5) is 0 Å². The Morgan fingerprint density at radius 2 is 1.12 bits per heavy atom. The Hall–Kier alpha value is -5.14. The molecule has 1 nitrogen and oxygen atoms in total. The van der Waals surface area contributed by atoms with E-state index >= 15 is 0 Å². The van der Waals surface area contributed by atoms with E-state index in [1.165, 1.54) is 66.1 Å². The lowest BCUT2D eigenvalue weighted by molar-refractivity contribution is 0.660. The van der Waals surface area contributed by atoms with Gasteiger partial charge in [-0.2, -0.15) is 0 Å². The maximum absolute atomic E-state index is 6.58. The summed E-state index contributed by atoms with van der Waals surface area (Å²) in [5, 5.41) is 7.32. The molecule has 0 aliphatic heterocycles. The van der Waals surface area contributed by atoms with Crippen molar-refractivity contribution < 1.29 is 4.42 Å². The van der Waals surface area contributed by atoms with Gasteiger partial charge in [-0.05, 0) is 74.0 Å². The number of rotatable bonds is 2. The molecule has 0 N–H and O–H groups in total. The summed E-state index contributed by atoms with van der Waals surface area (Å²) in [4.78, 5) is 0. The third kappa shape index (κ3) is 3.34. The number of furan rings is 1. The maximum atomic E-state index is 6.58. The fourth-order valence-electron chi connectivity index (χ4n) is 7.71. The van der Waals surface area contributed by atoms with Crippen LogP contribution in [-0.2, 0) is 5.41 Å². The van der Waals surface area contributed by atoms with Gasteiger partial charge in [-0.25, -0.2) is 0 Å². The van der Waals surface area contributed by atoms with Crippen LogP contribution in [0, 0.1) is 6.92 Å². The molecule has 0 radical (unpaired) electrons. The van der Waals surface area contributed by atoms with Crippen molar-refractivity contribution in [1.29, 1.82) is 0 Å². The van der Waals surface area contributed by atoms with Crippen LogP contribution < -0.4 is 0 Å². The largest absolute Gasteiger partial charge is 0.455 e. The van der Waals surface area contributed by atoms with Gasteiger partial charge in [0.25, 0.3) is 0 Å². The zero-order valence-corrected chi connectivity index (χ0v) is 24.5. The van der Waals surface area contributed by atoms with Crippen LogP contribution in [0.1, 0.15) is 30.5 Å². The molecular weight excluding hydrogens is 520 g/mol. The molecule has 8 aromatic rings. The molecule has 43 heavy (non-hydrogen) atoms. The number of benzene rings is 7. The van der Waals surface area contributed by atoms with Crippen LogP contribution in [0.5, 0.6) is 0 Å². The van der Waals surface area contributed by atoms with Crippen molar-refractivity contribution in [2.75, 3.05) is 0 Å². The number of hydrogen-bond acceptors (Lipinski definition) is 1. The predicted molar refractivity (Wildman–Crippen MR) is 182 cm³/mol. The molecule has 1 heterocycles. The number of para-hydroxylation sites is 2. The lowest BCUT2D eigenvalue weighted by Crippen LogP contribution is -2.14. The highest BCUT2D eigenvalue weighted by atomic mass is 16.3. The quantitative estimate of drug-likeness (QED) is 0.195. The molecule has 7 aromatic carbocycles. The van der Waals surface area contributed by atoms with Crippen LogP contribution in [0.25, 0.3) is 76.9 Å². The topological polar surface area (TPSA) is 13.1 Å². The van der Waals surface area contributed by atoms with Crippen molar-refractivity contribution in [1.82, 2.24) is 0 Å². The monoisotopic (exact) mass is 550 g/mol. The Morgan fingerprint density at radius 3 is 1.98 bits per heavy atom. The Bertz CT molecular complexity index is 2440. The number of hydrogen-bond donors (Lipinski definition) is 0. The van der Waals surface area contributed by atoms with Gasteiger partial charge in [-0.15, -0.1) is 0 Å². The van der Waals surface area contributed by atoms with Gasteiger partial charge < -0.3 is 4.42 Å². The van der Waals surface area contributed by atoms with E-state index in [2.05, 4.69) is 142 Å². The van der Waals surface area contributed by atoms with E-state index in [1.54, 1.807) is 0 Å². The molecule has 204 valence electrons. The highest BCUT2D eigenvalue weighted by Gasteiger charge is 2.35. The molecule has 1 heteroatoms. The molecule has 0 amide bonds. The van der Waals surface area contributed by atoms with Crippen molar-refractivity contribution >= 4 is 43.5 Å². The Morgan fingerprint density at radius 1 is 0.465 bits per heavy atom. The first-order chi connectivity index (χ1) is 21.0. The lowest BCUT2D eigenvalue weighted by Gasteiger charge is -2.22. The fourth-order valence-corrected chi connectivity index (χ4v) is 7.71. The van der Waals surface area contributed by atoms with Crippen LogP contribution in [-0.4, -0.2) is 0 Å². The van der Waals surface area contributed by atoms with E-state index < -0.39 is 0 Å². The highest BCUT2D eigenvalue weighted by Crippen LogP contribution is 2.51. The van der Waals surface area contributed by atoms with Gasteiger partial charge in [-0.1, -0.05) is 135 Å². The van der Waals surface area contributed by atoms with Crippen molar-refractivity contribution in [3.05, 3.63) is 144 Å². The van der Waals surface area contributed by atoms with Crippen molar-refractivity contribution in [2.45, 2.75) is 26.2 Å². The van der Waals surface area contributed by atoms with Crippen LogP contribution >= 0.6 is 0 Å². The molecule has 0 saturated heterocycles. The zero-order chi connectivity index (χ0) is 28.9. The normalized spacial score (nSPS) is 13.7. The van der Waals surface area contributed by atoms with Crippen LogP contribution in [0.15, 0.2) is 132 Å². The van der Waals surface area contributed by atoms with E-state index in [9.17, 15) is 0 Å². The third-order valence-corrected chi connectivity index (χ3v) is 9.73. The maximum Gasteiger partial charge on any atom is 0.143 e.